The number of carbonyl (C=O) groups is 1. The Morgan fingerprint density at radius 1 is 1.54 bits per heavy atom. The third-order valence-electron chi connectivity index (χ3n) is 3.80. The van der Waals surface area contributed by atoms with Gasteiger partial charge >= 0.3 is 0 Å². The summed E-state index contributed by atoms with van der Waals surface area (Å²) >= 11 is 1.39. The van der Waals surface area contributed by atoms with Crippen molar-refractivity contribution in [1.29, 1.82) is 0 Å². The van der Waals surface area contributed by atoms with Crippen molar-refractivity contribution < 1.29 is 14.3 Å². The van der Waals surface area contributed by atoms with Crippen LogP contribution in [0.25, 0.3) is 0 Å². The number of thiazole rings is 1. The molecule has 1 saturated heterocycles. The average molecular weight is 347 g/mol. The van der Waals surface area contributed by atoms with E-state index in [1.165, 1.54) is 11.3 Å². The highest BCUT2D eigenvalue weighted by molar-refractivity contribution is 7.09. The van der Waals surface area contributed by atoms with Crippen LogP contribution >= 0.6 is 11.3 Å². The van der Waals surface area contributed by atoms with E-state index in [1.54, 1.807) is 5.38 Å². The van der Waals surface area contributed by atoms with Crippen molar-refractivity contribution in [3.05, 3.63) is 45.4 Å². The molecule has 2 aromatic rings. The van der Waals surface area contributed by atoms with Gasteiger partial charge in [-0.15, -0.1) is 11.3 Å². The van der Waals surface area contributed by atoms with Crippen LogP contribution in [0.15, 0.2) is 23.6 Å². The summed E-state index contributed by atoms with van der Waals surface area (Å²) in [6.45, 7) is 4.09. The minimum atomic E-state index is -0.207. The third kappa shape index (κ3) is 4.11. The predicted molar refractivity (Wildman–Crippen MR) is 92.2 cm³/mol. The van der Waals surface area contributed by atoms with E-state index in [0.29, 0.717) is 25.4 Å². The van der Waals surface area contributed by atoms with Crippen molar-refractivity contribution in [1.82, 2.24) is 10.3 Å². The Balaban J connectivity index is 1.66. The van der Waals surface area contributed by atoms with Gasteiger partial charge in [-0.2, -0.15) is 0 Å². The Kier molecular flexibility index (Phi) is 5.44. The largest absolute Gasteiger partial charge is 0.488 e. The second-order valence-electron chi connectivity index (χ2n) is 5.73. The number of benzene rings is 1. The van der Waals surface area contributed by atoms with E-state index in [9.17, 15) is 4.79 Å². The molecule has 3 rings (SSSR count). The fourth-order valence-electron chi connectivity index (χ4n) is 2.48. The number of nitrogens with one attached hydrogen (secondary N) is 1. The van der Waals surface area contributed by atoms with Gasteiger partial charge in [0.05, 0.1) is 13.2 Å². The highest BCUT2D eigenvalue weighted by Gasteiger charge is 2.19. The van der Waals surface area contributed by atoms with Gasteiger partial charge in [-0.05, 0) is 18.6 Å². The number of nitrogens with zero attached hydrogens (tertiary/aromatic N) is 1. The average Bonchev–Trinajstić information content (AvgIpc) is 3.25. The SMILES string of the molecule is Cc1ccc(CNC(=O)c2csc(CN)n2)c(OC2CCOC2)c1. The number of amides is 1. The van der Waals surface area contributed by atoms with Crippen molar-refractivity contribution in [2.45, 2.75) is 32.5 Å². The molecule has 7 heteroatoms. The van der Waals surface area contributed by atoms with Crippen molar-refractivity contribution in [3.63, 3.8) is 0 Å². The minimum absolute atomic E-state index is 0.0758. The Labute approximate surface area is 145 Å². The lowest BCUT2D eigenvalue weighted by Gasteiger charge is -2.16. The van der Waals surface area contributed by atoms with Gasteiger partial charge in [-0.25, -0.2) is 4.98 Å². The minimum Gasteiger partial charge on any atom is -0.488 e. The van der Waals surface area contributed by atoms with Gasteiger partial charge in [-0.1, -0.05) is 12.1 Å². The van der Waals surface area contributed by atoms with Gasteiger partial charge < -0.3 is 20.5 Å². The fourth-order valence-corrected chi connectivity index (χ4v) is 3.13. The van der Waals surface area contributed by atoms with Crippen LogP contribution < -0.4 is 15.8 Å². The van der Waals surface area contributed by atoms with Crippen LogP contribution in [-0.2, 0) is 17.8 Å². The zero-order valence-corrected chi connectivity index (χ0v) is 14.4. The van der Waals surface area contributed by atoms with E-state index < -0.39 is 0 Å². The van der Waals surface area contributed by atoms with Crippen LogP contribution in [0.2, 0.25) is 0 Å². The molecule has 2 heterocycles. The first-order valence-electron chi connectivity index (χ1n) is 7.92. The van der Waals surface area contributed by atoms with Crippen LogP contribution in [0.4, 0.5) is 0 Å². The molecule has 1 aliphatic heterocycles. The van der Waals surface area contributed by atoms with E-state index in [2.05, 4.69) is 10.3 Å². The summed E-state index contributed by atoms with van der Waals surface area (Å²) in [7, 11) is 0. The number of rotatable bonds is 6. The third-order valence-corrected chi connectivity index (χ3v) is 4.67. The van der Waals surface area contributed by atoms with Gasteiger partial charge in [0, 0.05) is 30.5 Å². The summed E-state index contributed by atoms with van der Waals surface area (Å²) in [5.41, 5.74) is 7.99. The van der Waals surface area contributed by atoms with E-state index in [-0.39, 0.29) is 12.0 Å². The number of aromatic nitrogens is 1. The molecule has 1 aromatic heterocycles. The normalized spacial score (nSPS) is 17.0. The molecule has 0 bridgehead atoms. The molecule has 0 spiro atoms. The molecule has 1 aromatic carbocycles. The van der Waals surface area contributed by atoms with Crippen molar-refractivity contribution in [3.8, 4) is 5.75 Å². The molecule has 24 heavy (non-hydrogen) atoms. The molecule has 0 saturated carbocycles. The van der Waals surface area contributed by atoms with Gasteiger partial charge in [-0.3, -0.25) is 4.79 Å². The zero-order valence-electron chi connectivity index (χ0n) is 13.6. The van der Waals surface area contributed by atoms with Crippen molar-refractivity contribution in [2.24, 2.45) is 5.73 Å². The fraction of sp³-hybridized carbons (Fsp3) is 0.412. The molecule has 1 aliphatic rings. The Bertz CT molecular complexity index is 711. The summed E-state index contributed by atoms with van der Waals surface area (Å²) in [5, 5.41) is 5.36. The topological polar surface area (TPSA) is 86.5 Å². The van der Waals surface area contributed by atoms with Crippen LogP contribution in [0.5, 0.6) is 5.75 Å². The van der Waals surface area contributed by atoms with Crippen LogP contribution in [0.1, 0.15) is 33.0 Å². The molecule has 128 valence electrons. The molecule has 1 atom stereocenters. The summed E-state index contributed by atoms with van der Waals surface area (Å²) in [5.74, 6) is 0.591. The second kappa shape index (κ2) is 7.74. The molecule has 1 amide bonds. The summed E-state index contributed by atoms with van der Waals surface area (Å²) in [4.78, 5) is 16.4. The molecule has 6 nitrogen and oxygen atoms in total. The first-order valence-corrected chi connectivity index (χ1v) is 8.80. The standard InChI is InChI=1S/C17H21N3O3S/c1-11-2-3-12(15(6-11)23-13-4-5-22-9-13)8-19-17(21)14-10-24-16(7-18)20-14/h2-3,6,10,13H,4-5,7-9,18H2,1H3,(H,19,21). The first-order chi connectivity index (χ1) is 11.7. The highest BCUT2D eigenvalue weighted by atomic mass is 32.1. The van der Waals surface area contributed by atoms with Gasteiger partial charge in [0.25, 0.3) is 5.91 Å². The van der Waals surface area contributed by atoms with Gasteiger partial charge in [0.2, 0.25) is 0 Å². The number of aryl methyl sites for hydroxylation is 1. The van der Waals surface area contributed by atoms with E-state index in [4.69, 9.17) is 15.2 Å². The Hall–Kier alpha value is -1.96. The maximum absolute atomic E-state index is 12.2. The Morgan fingerprint density at radius 3 is 3.12 bits per heavy atom. The number of nitrogens with two attached hydrogens (primary N) is 1. The van der Waals surface area contributed by atoms with Crippen molar-refractivity contribution in [2.75, 3.05) is 13.2 Å². The van der Waals surface area contributed by atoms with Crippen molar-refractivity contribution >= 4 is 17.2 Å². The lowest BCUT2D eigenvalue weighted by molar-refractivity contribution is 0.0945. The monoisotopic (exact) mass is 347 g/mol. The second-order valence-corrected chi connectivity index (χ2v) is 6.67. The van der Waals surface area contributed by atoms with E-state index in [1.807, 2.05) is 25.1 Å². The van der Waals surface area contributed by atoms with E-state index in [0.717, 1.165) is 34.9 Å². The van der Waals surface area contributed by atoms with Gasteiger partial charge in [0.15, 0.2) is 0 Å². The predicted octanol–water partition coefficient (Wildman–Crippen LogP) is 2.01. The smallest absolute Gasteiger partial charge is 0.271 e. The number of carbonyl (C=O) groups excluding carboxylic acids is 1. The molecule has 3 N–H and O–H groups in total. The molecule has 0 radical (unpaired) electrons. The molecular formula is C17H21N3O3S. The van der Waals surface area contributed by atoms with E-state index >= 15 is 0 Å². The van der Waals surface area contributed by atoms with Crippen LogP contribution in [0.3, 0.4) is 0 Å². The maximum atomic E-state index is 12.2. The highest BCUT2D eigenvalue weighted by Crippen LogP contribution is 2.24. The molecule has 1 fully saturated rings. The summed E-state index contributed by atoms with van der Waals surface area (Å²) in [6.07, 6.45) is 0.965. The number of hydrogen-bond acceptors (Lipinski definition) is 6. The number of hydrogen-bond donors (Lipinski definition) is 2. The van der Waals surface area contributed by atoms with Gasteiger partial charge in [0.1, 0.15) is 22.6 Å². The zero-order chi connectivity index (χ0) is 16.9. The lowest BCUT2D eigenvalue weighted by Crippen LogP contribution is -2.24. The van der Waals surface area contributed by atoms with Crippen LogP contribution in [0, 0.1) is 6.92 Å². The summed E-state index contributed by atoms with van der Waals surface area (Å²) in [6, 6.07) is 5.98. The van der Waals surface area contributed by atoms with Crippen LogP contribution in [-0.4, -0.2) is 30.2 Å². The number of ether oxygens (including phenoxy) is 2. The summed E-state index contributed by atoms with van der Waals surface area (Å²) < 4.78 is 11.4. The molecule has 0 aliphatic carbocycles. The molecular weight excluding hydrogens is 326 g/mol. The first kappa shape index (κ1) is 16.9. The lowest BCUT2D eigenvalue weighted by atomic mass is 10.1. The Morgan fingerprint density at radius 2 is 2.42 bits per heavy atom. The quantitative estimate of drug-likeness (QED) is 0.835. The molecule has 1 unspecified atom stereocenters. The maximum Gasteiger partial charge on any atom is 0.271 e.